The van der Waals surface area contributed by atoms with E-state index in [0.717, 1.165) is 17.1 Å². The number of anilines is 1. The Morgan fingerprint density at radius 2 is 1.80 bits per heavy atom. The molecule has 8 nitrogen and oxygen atoms in total. The van der Waals surface area contributed by atoms with Gasteiger partial charge in [0.25, 0.3) is 5.91 Å². The summed E-state index contributed by atoms with van der Waals surface area (Å²) >= 11 is 0. The number of carboxylic acid groups (broad SMARTS) is 1. The summed E-state index contributed by atoms with van der Waals surface area (Å²) in [6, 6.07) is 4.39. The van der Waals surface area contributed by atoms with E-state index in [1.165, 1.54) is 12.1 Å². The number of carbonyl (C=O) groups is 2. The molecule has 0 spiro atoms. The molecule has 20 heavy (non-hydrogen) atoms. The van der Waals surface area contributed by atoms with E-state index < -0.39 is 39.0 Å². The Kier molecular flexibility index (Phi) is 5.05. The van der Waals surface area contributed by atoms with Crippen LogP contribution in [0, 0.1) is 0 Å². The Labute approximate surface area is 136 Å². The van der Waals surface area contributed by atoms with Gasteiger partial charge in [0, 0.05) is 0 Å². The van der Waals surface area contributed by atoms with Gasteiger partial charge in [-0.3, -0.25) is 4.79 Å². The topological polar surface area (TPSA) is 130 Å². The maximum atomic E-state index is 11.5. The molecular formula is C10H6N2NaO6S-. The molecule has 1 aromatic rings. The van der Waals surface area contributed by atoms with Crippen LogP contribution in [0.4, 0.5) is 5.69 Å². The van der Waals surface area contributed by atoms with Crippen molar-refractivity contribution in [2.24, 2.45) is 5.10 Å². The summed E-state index contributed by atoms with van der Waals surface area (Å²) in [5, 5.41) is 14.9. The summed E-state index contributed by atoms with van der Waals surface area (Å²) in [6.45, 7) is 0. The normalized spacial score (nSPS) is 14.8. The van der Waals surface area contributed by atoms with E-state index in [9.17, 15) is 27.7 Å². The first kappa shape index (κ1) is 16.8. The van der Waals surface area contributed by atoms with Crippen molar-refractivity contribution < 1.29 is 57.2 Å². The zero-order valence-corrected chi connectivity index (χ0v) is 13.1. The average molecular weight is 305 g/mol. The molecule has 1 heterocycles. The molecular weight excluding hydrogens is 299 g/mol. The van der Waals surface area contributed by atoms with Gasteiger partial charge in [-0.2, -0.15) is 5.10 Å². The van der Waals surface area contributed by atoms with Crippen LogP contribution in [0.15, 0.2) is 34.3 Å². The maximum absolute atomic E-state index is 11.5. The maximum Gasteiger partial charge on any atom is 1.00 e. The van der Waals surface area contributed by atoms with Crippen molar-refractivity contribution in [2.75, 3.05) is 5.01 Å². The quantitative estimate of drug-likeness (QED) is 0.408. The second-order valence-corrected chi connectivity index (χ2v) is 5.04. The largest absolute Gasteiger partial charge is 1.00 e. The Morgan fingerprint density at radius 1 is 1.25 bits per heavy atom. The Morgan fingerprint density at radius 3 is 2.20 bits per heavy atom. The number of hydrazone groups is 1. The fourth-order valence-electron chi connectivity index (χ4n) is 1.50. The number of benzene rings is 1. The molecule has 0 radical (unpaired) electrons. The molecule has 1 amide bonds. The SMILES string of the molecule is O=C([O-])C1=NN(c2ccc(S(=O)(=O)[O-])cc2)C(=O)C1.[Na+]. The molecule has 0 fully saturated rings. The first-order chi connectivity index (χ1) is 8.79. The average Bonchev–Trinajstić information content (AvgIpc) is 2.70. The number of rotatable bonds is 3. The van der Waals surface area contributed by atoms with Crippen LogP contribution in [0.25, 0.3) is 0 Å². The van der Waals surface area contributed by atoms with E-state index in [1.807, 2.05) is 0 Å². The molecule has 2 rings (SSSR count). The molecule has 1 aromatic carbocycles. The van der Waals surface area contributed by atoms with E-state index in [2.05, 4.69) is 5.10 Å². The molecule has 0 bridgehead atoms. The molecule has 1 aliphatic rings. The number of hydrogen-bond acceptors (Lipinski definition) is 7. The van der Waals surface area contributed by atoms with Crippen molar-refractivity contribution >= 4 is 33.4 Å². The molecule has 0 unspecified atom stereocenters. The molecule has 0 saturated heterocycles. The van der Waals surface area contributed by atoms with Crippen molar-refractivity contribution in [1.82, 2.24) is 0 Å². The second-order valence-electron chi connectivity index (χ2n) is 3.66. The van der Waals surface area contributed by atoms with E-state index in [1.54, 1.807) is 0 Å². The number of carboxylic acids is 1. The standard InChI is InChI=1S/C10H8N2O6S.Na/c13-9-5-8(10(14)15)11-12(9)6-1-3-7(4-2-6)19(16,17)18;/h1-4H,5H2,(H,14,15)(H,16,17,18);/q;+1/p-2. The predicted octanol–water partition coefficient (Wildman–Crippen LogP) is -4.56. The van der Waals surface area contributed by atoms with Crippen LogP contribution >= 0.6 is 0 Å². The summed E-state index contributed by atoms with van der Waals surface area (Å²) in [7, 11) is -4.57. The number of carbonyl (C=O) groups excluding carboxylic acids is 2. The van der Waals surface area contributed by atoms with Gasteiger partial charge in [-0.1, -0.05) is 0 Å². The summed E-state index contributed by atoms with van der Waals surface area (Å²) in [5.74, 6) is -2.13. The number of hydrogen-bond donors (Lipinski definition) is 0. The van der Waals surface area contributed by atoms with Gasteiger partial charge >= 0.3 is 29.6 Å². The van der Waals surface area contributed by atoms with Crippen LogP contribution < -0.4 is 39.7 Å². The fourth-order valence-corrected chi connectivity index (χ4v) is 1.97. The summed E-state index contributed by atoms with van der Waals surface area (Å²) < 4.78 is 32.2. The Hall–Kier alpha value is -1.26. The molecule has 10 heteroatoms. The molecule has 1 aliphatic heterocycles. The van der Waals surface area contributed by atoms with Gasteiger partial charge in [0.1, 0.15) is 10.1 Å². The van der Waals surface area contributed by atoms with E-state index >= 15 is 0 Å². The van der Waals surface area contributed by atoms with Gasteiger partial charge in [-0.15, -0.1) is 0 Å². The summed E-state index contributed by atoms with van der Waals surface area (Å²) in [5.41, 5.74) is -0.251. The van der Waals surface area contributed by atoms with E-state index in [4.69, 9.17) is 0 Å². The predicted molar refractivity (Wildman–Crippen MR) is 59.0 cm³/mol. The third-order valence-electron chi connectivity index (χ3n) is 2.38. The van der Waals surface area contributed by atoms with Crippen LogP contribution in [0.3, 0.4) is 0 Å². The number of aliphatic carboxylic acids is 1. The molecule has 0 N–H and O–H groups in total. The van der Waals surface area contributed by atoms with Gasteiger partial charge < -0.3 is 14.5 Å². The van der Waals surface area contributed by atoms with Crippen molar-refractivity contribution in [3.8, 4) is 0 Å². The Balaban J connectivity index is 0.00000200. The van der Waals surface area contributed by atoms with Crippen molar-refractivity contribution in [2.45, 2.75) is 11.3 Å². The van der Waals surface area contributed by atoms with E-state index in [0.29, 0.717) is 0 Å². The first-order valence-electron chi connectivity index (χ1n) is 4.97. The van der Waals surface area contributed by atoms with Gasteiger partial charge in [-0.25, -0.2) is 13.4 Å². The Bertz CT molecular complexity index is 682. The third kappa shape index (κ3) is 3.44. The van der Waals surface area contributed by atoms with Gasteiger partial charge in [-0.05, 0) is 24.3 Å². The second kappa shape index (κ2) is 6.02. The van der Waals surface area contributed by atoms with Gasteiger partial charge in [0.05, 0.1) is 28.7 Å². The monoisotopic (exact) mass is 305 g/mol. The molecule has 100 valence electrons. The minimum atomic E-state index is -4.57. The summed E-state index contributed by atoms with van der Waals surface area (Å²) in [6.07, 6.45) is -0.399. The molecule has 0 aliphatic carbocycles. The van der Waals surface area contributed by atoms with Crippen molar-refractivity contribution in [1.29, 1.82) is 0 Å². The van der Waals surface area contributed by atoms with Crippen LogP contribution in [0.5, 0.6) is 0 Å². The van der Waals surface area contributed by atoms with Crippen LogP contribution in [0.2, 0.25) is 0 Å². The van der Waals surface area contributed by atoms with Gasteiger partial charge in [0.15, 0.2) is 0 Å². The molecule has 0 saturated carbocycles. The summed E-state index contributed by atoms with van der Waals surface area (Å²) in [4.78, 5) is 21.6. The zero-order valence-electron chi connectivity index (χ0n) is 10.3. The third-order valence-corrected chi connectivity index (χ3v) is 3.23. The number of nitrogens with zero attached hydrogens (tertiary/aromatic N) is 2. The van der Waals surface area contributed by atoms with Crippen LogP contribution in [-0.4, -0.2) is 30.6 Å². The fraction of sp³-hybridized carbons (Fsp3) is 0.100. The van der Waals surface area contributed by atoms with Crippen LogP contribution in [0.1, 0.15) is 6.42 Å². The molecule has 0 atom stereocenters. The minimum absolute atomic E-state index is 0. The minimum Gasteiger partial charge on any atom is -0.744 e. The van der Waals surface area contributed by atoms with E-state index in [-0.39, 0.29) is 35.2 Å². The first-order valence-corrected chi connectivity index (χ1v) is 6.37. The van der Waals surface area contributed by atoms with Gasteiger partial charge in [0.2, 0.25) is 0 Å². The number of amides is 1. The van der Waals surface area contributed by atoms with Crippen LogP contribution in [-0.2, 0) is 19.7 Å². The molecule has 0 aromatic heterocycles. The smallest absolute Gasteiger partial charge is 0.744 e. The zero-order chi connectivity index (χ0) is 14.2. The van der Waals surface area contributed by atoms with Crippen molar-refractivity contribution in [3.63, 3.8) is 0 Å². The van der Waals surface area contributed by atoms with Crippen molar-refractivity contribution in [3.05, 3.63) is 24.3 Å².